The molecule has 0 bridgehead atoms. The Balaban J connectivity index is 2.42. The van der Waals surface area contributed by atoms with Gasteiger partial charge in [0.05, 0.1) is 13.2 Å². The summed E-state index contributed by atoms with van der Waals surface area (Å²) in [5, 5.41) is 40.0. The second-order valence-electron chi connectivity index (χ2n) is 14.1. The number of carbonyl (C=O) groups is 2. The van der Waals surface area contributed by atoms with Crippen LogP contribution in [0, 0.1) is 0 Å². The summed E-state index contributed by atoms with van der Waals surface area (Å²) < 4.78 is 22.0. The number of hydrogen-bond acceptors (Lipinski definition) is 10. The third-order valence-corrected chi connectivity index (χ3v) is 9.19. The molecule has 0 spiro atoms. The zero-order chi connectivity index (χ0) is 38.8. The molecule has 0 aromatic rings. The highest BCUT2D eigenvalue weighted by atomic mass is 16.7. The minimum Gasteiger partial charge on any atom is -0.462 e. The van der Waals surface area contributed by atoms with Gasteiger partial charge in [-0.15, -0.1) is 0 Å². The Morgan fingerprint density at radius 1 is 0.585 bits per heavy atom. The quantitative estimate of drug-likeness (QED) is 0.0294. The van der Waals surface area contributed by atoms with Crippen LogP contribution in [0.4, 0.5) is 0 Å². The Hall–Kier alpha value is -2.34. The molecular formula is C43H74O10. The number of allylic oxidation sites excluding steroid dienone is 8. The summed E-state index contributed by atoms with van der Waals surface area (Å²) in [5.41, 5.74) is 0. The summed E-state index contributed by atoms with van der Waals surface area (Å²) in [6.07, 6.45) is 31.2. The maximum absolute atomic E-state index is 12.7. The van der Waals surface area contributed by atoms with E-state index in [2.05, 4.69) is 62.5 Å². The van der Waals surface area contributed by atoms with Crippen LogP contribution in [0.15, 0.2) is 48.6 Å². The van der Waals surface area contributed by atoms with E-state index >= 15 is 0 Å². The third kappa shape index (κ3) is 26.2. The largest absolute Gasteiger partial charge is 0.462 e. The molecule has 1 heterocycles. The van der Waals surface area contributed by atoms with Gasteiger partial charge in [-0.1, -0.05) is 114 Å². The van der Waals surface area contributed by atoms with Gasteiger partial charge in [0, 0.05) is 12.8 Å². The van der Waals surface area contributed by atoms with Crippen molar-refractivity contribution in [3.63, 3.8) is 0 Å². The number of esters is 2. The number of carbonyl (C=O) groups excluding carboxylic acids is 2. The molecule has 1 aliphatic heterocycles. The van der Waals surface area contributed by atoms with Gasteiger partial charge in [0.15, 0.2) is 12.4 Å². The maximum atomic E-state index is 12.7. The summed E-state index contributed by atoms with van der Waals surface area (Å²) in [4.78, 5) is 25.2. The number of rotatable bonds is 33. The van der Waals surface area contributed by atoms with Crippen molar-refractivity contribution in [2.24, 2.45) is 0 Å². The Morgan fingerprint density at radius 3 is 1.68 bits per heavy atom. The average molecular weight is 751 g/mol. The Bertz CT molecular complexity index is 1010. The van der Waals surface area contributed by atoms with Crippen LogP contribution in [0.25, 0.3) is 0 Å². The zero-order valence-electron chi connectivity index (χ0n) is 33.0. The van der Waals surface area contributed by atoms with Crippen LogP contribution in [0.2, 0.25) is 0 Å². The molecule has 1 rings (SSSR count). The number of aliphatic hydroxyl groups is 4. The highest BCUT2D eigenvalue weighted by Crippen LogP contribution is 2.22. The molecule has 1 aliphatic rings. The topological polar surface area (TPSA) is 152 Å². The molecule has 1 fully saturated rings. The molecule has 0 radical (unpaired) electrons. The smallest absolute Gasteiger partial charge is 0.306 e. The van der Waals surface area contributed by atoms with Gasteiger partial charge < -0.3 is 39.4 Å². The minimum absolute atomic E-state index is 0.178. The fourth-order valence-corrected chi connectivity index (χ4v) is 5.83. The van der Waals surface area contributed by atoms with Crippen molar-refractivity contribution < 1.29 is 49.0 Å². The van der Waals surface area contributed by atoms with E-state index in [1.165, 1.54) is 44.9 Å². The summed E-state index contributed by atoms with van der Waals surface area (Å²) >= 11 is 0. The van der Waals surface area contributed by atoms with E-state index in [1.54, 1.807) is 0 Å². The van der Waals surface area contributed by atoms with Crippen LogP contribution in [0.1, 0.15) is 155 Å². The van der Waals surface area contributed by atoms with Gasteiger partial charge >= 0.3 is 11.9 Å². The minimum atomic E-state index is -1.60. The predicted molar refractivity (Wildman–Crippen MR) is 210 cm³/mol. The molecule has 306 valence electrons. The second kappa shape index (κ2) is 34.2. The lowest BCUT2D eigenvalue weighted by molar-refractivity contribution is -0.305. The van der Waals surface area contributed by atoms with Crippen molar-refractivity contribution in [2.75, 3.05) is 19.8 Å². The first-order valence-electron chi connectivity index (χ1n) is 20.7. The van der Waals surface area contributed by atoms with Crippen molar-refractivity contribution in [1.82, 2.24) is 0 Å². The van der Waals surface area contributed by atoms with Crippen molar-refractivity contribution in [2.45, 2.75) is 192 Å². The van der Waals surface area contributed by atoms with Gasteiger partial charge in [0.2, 0.25) is 0 Å². The molecule has 10 heteroatoms. The van der Waals surface area contributed by atoms with E-state index in [9.17, 15) is 30.0 Å². The van der Waals surface area contributed by atoms with Crippen LogP contribution in [0.3, 0.4) is 0 Å². The highest BCUT2D eigenvalue weighted by Gasteiger charge is 2.44. The predicted octanol–water partition coefficient (Wildman–Crippen LogP) is 8.10. The van der Waals surface area contributed by atoms with Crippen molar-refractivity contribution in [3.05, 3.63) is 48.6 Å². The van der Waals surface area contributed by atoms with E-state index < -0.39 is 55.4 Å². The van der Waals surface area contributed by atoms with Crippen molar-refractivity contribution in [1.29, 1.82) is 0 Å². The molecule has 2 unspecified atom stereocenters. The second-order valence-corrected chi connectivity index (χ2v) is 14.1. The standard InChI is InChI=1S/C43H74O10/c1-3-5-7-9-11-13-15-17-18-20-22-24-26-28-30-32-39(46)52-36(35-51-43-42(49)41(48)40(47)37(33-44)53-43)34-50-38(45)31-29-27-25-23-21-19-16-14-12-10-8-6-4-2/h11,13-14,16-18,22,24,36-37,40-44,47-49H,3-10,12,15,19-21,23,25-35H2,1-2H3/b13-11+,16-14+,18-17+,24-22+/t36-,37-,40+,41?,42?,43-/m1/s1. The molecule has 0 saturated carbocycles. The normalized spacial score (nSPS) is 21.4. The average Bonchev–Trinajstić information content (AvgIpc) is 3.15. The van der Waals surface area contributed by atoms with Crippen LogP contribution in [-0.4, -0.2) is 89.0 Å². The molecule has 0 aliphatic carbocycles. The molecule has 53 heavy (non-hydrogen) atoms. The molecule has 0 aromatic carbocycles. The van der Waals surface area contributed by atoms with E-state index in [0.29, 0.717) is 12.8 Å². The third-order valence-electron chi connectivity index (χ3n) is 9.19. The first-order valence-corrected chi connectivity index (χ1v) is 20.7. The maximum Gasteiger partial charge on any atom is 0.306 e. The molecule has 6 atom stereocenters. The zero-order valence-corrected chi connectivity index (χ0v) is 33.0. The number of ether oxygens (including phenoxy) is 4. The SMILES string of the molecule is CCCCC/C=C/C/C=C/C/C=C/CCCCC(=O)O[C@H](COC(=O)CCCCCCC/C=C/CCCCCC)CO[C@@H]1O[C@H](CO)[C@H](O)C(O)C1O. The Kier molecular flexibility index (Phi) is 31.4. The van der Waals surface area contributed by atoms with E-state index in [4.69, 9.17) is 18.9 Å². The molecule has 10 nitrogen and oxygen atoms in total. The highest BCUT2D eigenvalue weighted by molar-refractivity contribution is 5.70. The Labute approximate surface area is 320 Å². The first kappa shape index (κ1) is 48.7. The molecular weight excluding hydrogens is 676 g/mol. The lowest BCUT2D eigenvalue weighted by Gasteiger charge is -2.39. The first-order chi connectivity index (χ1) is 25.8. The Morgan fingerprint density at radius 2 is 1.06 bits per heavy atom. The van der Waals surface area contributed by atoms with Crippen molar-refractivity contribution in [3.8, 4) is 0 Å². The van der Waals surface area contributed by atoms with Gasteiger partial charge in [0.1, 0.15) is 31.0 Å². The van der Waals surface area contributed by atoms with E-state index in [1.807, 2.05) is 0 Å². The van der Waals surface area contributed by atoms with Gasteiger partial charge in [-0.05, 0) is 77.0 Å². The number of hydrogen-bond donors (Lipinski definition) is 4. The van der Waals surface area contributed by atoms with Crippen LogP contribution in [0.5, 0.6) is 0 Å². The van der Waals surface area contributed by atoms with E-state index in [-0.39, 0.29) is 26.1 Å². The monoisotopic (exact) mass is 751 g/mol. The molecule has 4 N–H and O–H groups in total. The fraction of sp³-hybridized carbons (Fsp3) is 0.767. The summed E-state index contributed by atoms with van der Waals surface area (Å²) in [6.45, 7) is 3.31. The summed E-state index contributed by atoms with van der Waals surface area (Å²) in [6, 6.07) is 0. The van der Waals surface area contributed by atoms with Crippen LogP contribution in [-0.2, 0) is 28.5 Å². The van der Waals surface area contributed by atoms with Gasteiger partial charge in [0.25, 0.3) is 0 Å². The van der Waals surface area contributed by atoms with E-state index in [0.717, 1.165) is 70.6 Å². The molecule has 0 amide bonds. The van der Waals surface area contributed by atoms with Gasteiger partial charge in [-0.3, -0.25) is 9.59 Å². The van der Waals surface area contributed by atoms with Crippen LogP contribution < -0.4 is 0 Å². The lowest BCUT2D eigenvalue weighted by Crippen LogP contribution is -2.59. The summed E-state index contributed by atoms with van der Waals surface area (Å²) in [5.74, 6) is -0.866. The molecule has 0 aromatic heterocycles. The number of unbranched alkanes of at least 4 members (excludes halogenated alkanes) is 14. The van der Waals surface area contributed by atoms with Crippen molar-refractivity contribution >= 4 is 11.9 Å². The fourth-order valence-electron chi connectivity index (χ4n) is 5.83. The summed E-state index contributed by atoms with van der Waals surface area (Å²) in [7, 11) is 0. The molecule has 1 saturated heterocycles. The van der Waals surface area contributed by atoms with Gasteiger partial charge in [-0.2, -0.15) is 0 Å². The van der Waals surface area contributed by atoms with Crippen LogP contribution >= 0.6 is 0 Å². The lowest BCUT2D eigenvalue weighted by atomic mass is 9.99. The number of aliphatic hydroxyl groups excluding tert-OH is 4. The van der Waals surface area contributed by atoms with Gasteiger partial charge in [-0.25, -0.2) is 0 Å².